The van der Waals surface area contributed by atoms with Crippen LogP contribution in [0.5, 0.6) is 0 Å². The highest BCUT2D eigenvalue weighted by atomic mass is 16.6. The molecule has 0 radical (unpaired) electrons. The second-order valence-corrected chi connectivity index (χ2v) is 2.66. The molecule has 1 aliphatic carbocycles. The van der Waals surface area contributed by atoms with Crippen LogP contribution >= 0.6 is 0 Å². The van der Waals surface area contributed by atoms with Crippen LogP contribution in [-0.2, 0) is 4.84 Å². The van der Waals surface area contributed by atoms with Crippen molar-refractivity contribution in [1.29, 1.82) is 5.26 Å². The molecule has 0 aromatic heterocycles. The first-order chi connectivity index (χ1) is 4.86. The second-order valence-electron chi connectivity index (χ2n) is 2.66. The average Bonchev–Trinajstić information content (AvgIpc) is 2.37. The van der Waals surface area contributed by atoms with Gasteiger partial charge in [-0.05, 0) is 19.3 Å². The number of nitriles is 1. The number of hydrogen-bond donors (Lipinski definition) is 1. The molecule has 0 saturated heterocycles. The van der Waals surface area contributed by atoms with E-state index in [-0.39, 0.29) is 5.92 Å². The summed E-state index contributed by atoms with van der Waals surface area (Å²) in [5.41, 5.74) is 2.86. The molecular weight excluding hydrogens is 128 g/mol. The monoisotopic (exact) mass is 140 g/mol. The van der Waals surface area contributed by atoms with Gasteiger partial charge in [-0.15, -0.1) is 0 Å². The molecule has 3 nitrogen and oxygen atoms in total. The SMILES string of the molecule is CONC1CCC(C#N)C1. The Morgan fingerprint density at radius 3 is 2.90 bits per heavy atom. The summed E-state index contributed by atoms with van der Waals surface area (Å²) in [6.45, 7) is 0. The molecule has 2 atom stereocenters. The lowest BCUT2D eigenvalue weighted by Crippen LogP contribution is -2.24. The van der Waals surface area contributed by atoms with Crippen molar-refractivity contribution in [1.82, 2.24) is 5.48 Å². The van der Waals surface area contributed by atoms with Gasteiger partial charge in [0.25, 0.3) is 0 Å². The maximum Gasteiger partial charge on any atom is 0.0656 e. The number of hydroxylamine groups is 1. The molecule has 0 bridgehead atoms. The summed E-state index contributed by atoms with van der Waals surface area (Å²) >= 11 is 0. The molecule has 56 valence electrons. The minimum Gasteiger partial charge on any atom is -0.305 e. The smallest absolute Gasteiger partial charge is 0.0656 e. The number of rotatable bonds is 2. The number of nitrogens with one attached hydrogen (secondary N) is 1. The Bertz CT molecular complexity index is 141. The Kier molecular flexibility index (Phi) is 2.67. The Morgan fingerprint density at radius 1 is 1.60 bits per heavy atom. The van der Waals surface area contributed by atoms with E-state index in [4.69, 9.17) is 10.1 Å². The fourth-order valence-corrected chi connectivity index (χ4v) is 1.37. The minimum atomic E-state index is 0.243. The highest BCUT2D eigenvalue weighted by Crippen LogP contribution is 2.24. The molecule has 0 amide bonds. The maximum atomic E-state index is 8.53. The zero-order chi connectivity index (χ0) is 7.40. The molecule has 0 heterocycles. The van der Waals surface area contributed by atoms with Crippen LogP contribution in [0, 0.1) is 17.2 Å². The lowest BCUT2D eigenvalue weighted by Gasteiger charge is -2.07. The van der Waals surface area contributed by atoms with Gasteiger partial charge >= 0.3 is 0 Å². The first-order valence-corrected chi connectivity index (χ1v) is 3.55. The summed E-state index contributed by atoms with van der Waals surface area (Å²) in [5, 5.41) is 8.53. The molecule has 0 spiro atoms. The van der Waals surface area contributed by atoms with Gasteiger partial charge in [-0.2, -0.15) is 10.7 Å². The van der Waals surface area contributed by atoms with Crippen LogP contribution in [0.4, 0.5) is 0 Å². The van der Waals surface area contributed by atoms with Crippen molar-refractivity contribution in [2.75, 3.05) is 7.11 Å². The largest absolute Gasteiger partial charge is 0.305 e. The zero-order valence-electron chi connectivity index (χ0n) is 6.13. The van der Waals surface area contributed by atoms with E-state index in [2.05, 4.69) is 11.5 Å². The van der Waals surface area contributed by atoms with Crippen molar-refractivity contribution in [3.63, 3.8) is 0 Å². The first-order valence-electron chi connectivity index (χ1n) is 3.55. The van der Waals surface area contributed by atoms with Gasteiger partial charge in [-0.1, -0.05) is 0 Å². The Hall–Kier alpha value is -0.590. The summed E-state index contributed by atoms with van der Waals surface area (Å²) in [5.74, 6) is 0.243. The van der Waals surface area contributed by atoms with E-state index in [1.54, 1.807) is 7.11 Å². The molecule has 1 aliphatic rings. The van der Waals surface area contributed by atoms with Gasteiger partial charge in [0.1, 0.15) is 0 Å². The van der Waals surface area contributed by atoms with Crippen molar-refractivity contribution < 1.29 is 4.84 Å². The number of nitrogens with zero attached hydrogens (tertiary/aromatic N) is 1. The highest BCUT2D eigenvalue weighted by Gasteiger charge is 2.23. The molecule has 1 fully saturated rings. The highest BCUT2D eigenvalue weighted by molar-refractivity contribution is 4.91. The molecule has 1 N–H and O–H groups in total. The quantitative estimate of drug-likeness (QED) is 0.578. The topological polar surface area (TPSA) is 45.0 Å². The summed E-state index contributed by atoms with van der Waals surface area (Å²) < 4.78 is 0. The minimum absolute atomic E-state index is 0.243. The van der Waals surface area contributed by atoms with Crippen LogP contribution in [0.2, 0.25) is 0 Å². The van der Waals surface area contributed by atoms with Gasteiger partial charge in [-0.25, -0.2) is 0 Å². The van der Waals surface area contributed by atoms with Gasteiger partial charge < -0.3 is 4.84 Å². The lowest BCUT2D eigenvalue weighted by atomic mass is 10.1. The molecule has 10 heavy (non-hydrogen) atoms. The van der Waals surface area contributed by atoms with E-state index < -0.39 is 0 Å². The van der Waals surface area contributed by atoms with Crippen molar-refractivity contribution in [2.45, 2.75) is 25.3 Å². The van der Waals surface area contributed by atoms with E-state index in [1.165, 1.54) is 0 Å². The van der Waals surface area contributed by atoms with Gasteiger partial charge in [-0.3, -0.25) is 0 Å². The van der Waals surface area contributed by atoms with E-state index >= 15 is 0 Å². The first kappa shape index (κ1) is 7.52. The van der Waals surface area contributed by atoms with Crippen LogP contribution in [-0.4, -0.2) is 13.2 Å². The molecule has 0 aromatic rings. The molecule has 3 heteroatoms. The van der Waals surface area contributed by atoms with E-state index in [0.717, 1.165) is 19.3 Å². The molecule has 0 aliphatic heterocycles. The van der Waals surface area contributed by atoms with Crippen LogP contribution < -0.4 is 5.48 Å². The third-order valence-corrected chi connectivity index (χ3v) is 1.90. The molecular formula is C7H12N2O. The third kappa shape index (κ3) is 1.69. The summed E-state index contributed by atoms with van der Waals surface area (Å²) in [6, 6.07) is 2.65. The standard InChI is InChI=1S/C7H12N2O/c1-10-9-7-3-2-6(4-7)5-8/h6-7,9H,2-4H2,1H3. The Balaban J connectivity index is 2.23. The van der Waals surface area contributed by atoms with Gasteiger partial charge in [0, 0.05) is 12.0 Å². The average molecular weight is 140 g/mol. The Labute approximate surface area is 60.9 Å². The van der Waals surface area contributed by atoms with E-state index in [1.807, 2.05) is 0 Å². The fraction of sp³-hybridized carbons (Fsp3) is 0.857. The Morgan fingerprint density at radius 2 is 2.40 bits per heavy atom. The third-order valence-electron chi connectivity index (χ3n) is 1.90. The van der Waals surface area contributed by atoms with Crippen molar-refractivity contribution in [3.05, 3.63) is 0 Å². The normalized spacial score (nSPS) is 32.0. The van der Waals surface area contributed by atoms with E-state index in [0.29, 0.717) is 6.04 Å². The molecule has 2 unspecified atom stereocenters. The van der Waals surface area contributed by atoms with Crippen molar-refractivity contribution >= 4 is 0 Å². The van der Waals surface area contributed by atoms with Gasteiger partial charge in [0.15, 0.2) is 0 Å². The predicted molar refractivity (Wildman–Crippen MR) is 36.9 cm³/mol. The lowest BCUT2D eigenvalue weighted by molar-refractivity contribution is 0.0621. The van der Waals surface area contributed by atoms with Crippen LogP contribution in [0.25, 0.3) is 0 Å². The summed E-state index contributed by atoms with van der Waals surface area (Å²) in [7, 11) is 1.61. The van der Waals surface area contributed by atoms with E-state index in [9.17, 15) is 0 Å². The van der Waals surface area contributed by atoms with Gasteiger partial charge in [0.2, 0.25) is 0 Å². The van der Waals surface area contributed by atoms with Crippen LogP contribution in [0.15, 0.2) is 0 Å². The molecule has 1 saturated carbocycles. The number of hydrogen-bond acceptors (Lipinski definition) is 3. The predicted octanol–water partition coefficient (Wildman–Crippen LogP) is 0.830. The molecule has 1 rings (SSSR count). The molecule has 0 aromatic carbocycles. The summed E-state index contributed by atoms with van der Waals surface area (Å²) in [6.07, 6.45) is 3.01. The fourth-order valence-electron chi connectivity index (χ4n) is 1.37. The van der Waals surface area contributed by atoms with Crippen LogP contribution in [0.1, 0.15) is 19.3 Å². The maximum absolute atomic E-state index is 8.53. The second kappa shape index (κ2) is 3.55. The van der Waals surface area contributed by atoms with Crippen molar-refractivity contribution in [2.24, 2.45) is 5.92 Å². The van der Waals surface area contributed by atoms with Crippen LogP contribution in [0.3, 0.4) is 0 Å². The van der Waals surface area contributed by atoms with Crippen molar-refractivity contribution in [3.8, 4) is 6.07 Å². The summed E-state index contributed by atoms with van der Waals surface area (Å²) in [4.78, 5) is 4.76. The zero-order valence-corrected chi connectivity index (χ0v) is 6.13. The van der Waals surface area contributed by atoms with Gasteiger partial charge in [0.05, 0.1) is 13.2 Å².